The fourth-order valence-corrected chi connectivity index (χ4v) is 3.40. The third-order valence-corrected chi connectivity index (χ3v) is 4.86. The summed E-state index contributed by atoms with van der Waals surface area (Å²) in [6.07, 6.45) is -1.65. The number of hydrogen-bond acceptors (Lipinski definition) is 6. The number of benzene rings is 1. The van der Waals surface area contributed by atoms with Crippen LogP contribution in [-0.2, 0) is 12.7 Å². The standard InChI is InChI=1S/C18H12F3N5O2S/c19-18(20,21)17-24-15(25-28-17)14-7-6-13(29-14)10-26-9-11(8-22-26)16(27)23-12-4-2-1-3-5-12/h1-9H,10H2,(H,23,27). The summed E-state index contributed by atoms with van der Waals surface area (Å²) in [6.45, 7) is 0.341. The number of alkyl halides is 3. The van der Waals surface area contributed by atoms with E-state index in [1.165, 1.54) is 17.5 Å². The largest absolute Gasteiger partial charge is 0.471 e. The Balaban J connectivity index is 1.43. The third-order valence-electron chi connectivity index (χ3n) is 3.80. The number of anilines is 1. The van der Waals surface area contributed by atoms with Gasteiger partial charge in [0.25, 0.3) is 5.91 Å². The predicted molar refractivity (Wildman–Crippen MR) is 98.3 cm³/mol. The number of hydrogen-bond donors (Lipinski definition) is 1. The van der Waals surface area contributed by atoms with E-state index in [0.717, 1.165) is 4.88 Å². The first-order chi connectivity index (χ1) is 13.9. The van der Waals surface area contributed by atoms with Crippen molar-refractivity contribution in [2.24, 2.45) is 0 Å². The Morgan fingerprint density at radius 2 is 1.97 bits per heavy atom. The van der Waals surface area contributed by atoms with Gasteiger partial charge in [0.1, 0.15) is 0 Å². The summed E-state index contributed by atoms with van der Waals surface area (Å²) >= 11 is 1.21. The molecule has 7 nitrogen and oxygen atoms in total. The first-order valence-corrected chi connectivity index (χ1v) is 9.09. The smallest absolute Gasteiger partial charge is 0.329 e. The highest BCUT2D eigenvalue weighted by Gasteiger charge is 2.38. The molecule has 0 aliphatic carbocycles. The molecule has 4 aromatic rings. The van der Waals surface area contributed by atoms with Gasteiger partial charge in [-0.15, -0.1) is 11.3 Å². The topological polar surface area (TPSA) is 85.8 Å². The molecule has 0 fully saturated rings. The van der Waals surface area contributed by atoms with E-state index >= 15 is 0 Å². The van der Waals surface area contributed by atoms with Crippen LogP contribution in [0, 0.1) is 0 Å². The zero-order valence-corrected chi connectivity index (χ0v) is 15.4. The Labute approximate surface area is 165 Å². The van der Waals surface area contributed by atoms with Crippen molar-refractivity contribution in [3.8, 4) is 10.7 Å². The lowest BCUT2D eigenvalue weighted by Gasteiger charge is -2.02. The van der Waals surface area contributed by atoms with Crippen molar-refractivity contribution in [2.75, 3.05) is 5.32 Å². The number of carbonyl (C=O) groups excluding carboxylic acids is 1. The van der Waals surface area contributed by atoms with Crippen LogP contribution in [0.4, 0.5) is 18.9 Å². The SMILES string of the molecule is O=C(Nc1ccccc1)c1cnn(Cc2ccc(-c3noc(C(F)(F)F)n3)s2)c1. The molecule has 0 aliphatic heterocycles. The number of nitrogens with one attached hydrogen (secondary N) is 1. The average molecular weight is 419 g/mol. The van der Waals surface area contributed by atoms with Gasteiger partial charge in [-0.3, -0.25) is 9.48 Å². The minimum atomic E-state index is -4.68. The van der Waals surface area contributed by atoms with Gasteiger partial charge in [0.2, 0.25) is 5.82 Å². The maximum atomic E-state index is 12.6. The van der Waals surface area contributed by atoms with E-state index in [2.05, 4.69) is 25.1 Å². The Morgan fingerprint density at radius 1 is 1.17 bits per heavy atom. The van der Waals surface area contributed by atoms with Gasteiger partial charge in [0.15, 0.2) is 0 Å². The molecular formula is C18H12F3N5O2S. The van der Waals surface area contributed by atoms with Crippen LogP contribution in [-0.4, -0.2) is 25.8 Å². The van der Waals surface area contributed by atoms with Gasteiger partial charge in [-0.1, -0.05) is 23.4 Å². The van der Waals surface area contributed by atoms with E-state index in [4.69, 9.17) is 0 Å². The molecule has 0 saturated heterocycles. The summed E-state index contributed by atoms with van der Waals surface area (Å²) in [7, 11) is 0. The van der Waals surface area contributed by atoms with E-state index in [1.54, 1.807) is 35.1 Å². The van der Waals surface area contributed by atoms with Crippen molar-refractivity contribution in [3.05, 3.63) is 71.2 Å². The first-order valence-electron chi connectivity index (χ1n) is 8.27. The summed E-state index contributed by atoms with van der Waals surface area (Å²) in [4.78, 5) is 16.9. The van der Waals surface area contributed by atoms with Gasteiger partial charge in [0.05, 0.1) is 23.2 Å². The van der Waals surface area contributed by atoms with Crippen LogP contribution in [0.5, 0.6) is 0 Å². The molecule has 0 unspecified atom stereocenters. The van der Waals surface area contributed by atoms with Gasteiger partial charge < -0.3 is 9.84 Å². The van der Waals surface area contributed by atoms with Gasteiger partial charge >= 0.3 is 12.1 Å². The van der Waals surface area contributed by atoms with Crippen molar-refractivity contribution < 1.29 is 22.5 Å². The Kier molecular flexibility index (Phi) is 4.89. The summed E-state index contributed by atoms with van der Waals surface area (Å²) in [6, 6.07) is 12.4. The number of nitrogens with zero attached hydrogens (tertiary/aromatic N) is 4. The number of aromatic nitrogens is 4. The van der Waals surface area contributed by atoms with Crippen molar-refractivity contribution >= 4 is 22.9 Å². The molecule has 148 valence electrons. The van der Waals surface area contributed by atoms with E-state index in [1.807, 2.05) is 18.2 Å². The Bertz CT molecular complexity index is 1130. The first kappa shape index (κ1) is 18.9. The highest BCUT2D eigenvalue weighted by atomic mass is 32.1. The summed E-state index contributed by atoms with van der Waals surface area (Å²) in [5.74, 6) is -1.80. The van der Waals surface area contributed by atoms with Crippen molar-refractivity contribution in [2.45, 2.75) is 12.7 Å². The van der Waals surface area contributed by atoms with Crippen LogP contribution in [0.25, 0.3) is 10.7 Å². The Hall–Kier alpha value is -3.47. The van der Waals surface area contributed by atoms with Gasteiger partial charge in [0, 0.05) is 16.8 Å². The van der Waals surface area contributed by atoms with Crippen molar-refractivity contribution in [3.63, 3.8) is 0 Å². The van der Waals surface area contributed by atoms with Gasteiger partial charge in [-0.05, 0) is 24.3 Å². The second kappa shape index (κ2) is 7.51. The second-order valence-corrected chi connectivity index (χ2v) is 7.10. The highest BCUT2D eigenvalue weighted by molar-refractivity contribution is 7.15. The van der Waals surface area contributed by atoms with Crippen molar-refractivity contribution in [1.29, 1.82) is 0 Å². The molecule has 0 atom stereocenters. The number of para-hydroxylation sites is 1. The molecule has 0 saturated carbocycles. The monoisotopic (exact) mass is 419 g/mol. The lowest BCUT2D eigenvalue weighted by atomic mass is 10.3. The van der Waals surface area contributed by atoms with E-state index in [0.29, 0.717) is 22.7 Å². The van der Waals surface area contributed by atoms with Crippen LogP contribution in [0.15, 0.2) is 59.4 Å². The predicted octanol–water partition coefficient (Wildman–Crippen LogP) is 4.31. The third kappa shape index (κ3) is 4.35. The molecule has 29 heavy (non-hydrogen) atoms. The fourth-order valence-electron chi connectivity index (χ4n) is 2.47. The van der Waals surface area contributed by atoms with Gasteiger partial charge in [-0.2, -0.15) is 23.3 Å². The molecular weight excluding hydrogens is 407 g/mol. The van der Waals surface area contributed by atoms with E-state index in [-0.39, 0.29) is 11.7 Å². The van der Waals surface area contributed by atoms with Crippen LogP contribution in [0.3, 0.4) is 0 Å². The Morgan fingerprint density at radius 3 is 2.69 bits per heavy atom. The van der Waals surface area contributed by atoms with Crippen LogP contribution in [0.2, 0.25) is 0 Å². The lowest BCUT2D eigenvalue weighted by molar-refractivity contribution is -0.159. The molecule has 4 rings (SSSR count). The minimum Gasteiger partial charge on any atom is -0.329 e. The van der Waals surface area contributed by atoms with Gasteiger partial charge in [-0.25, -0.2) is 0 Å². The molecule has 1 aromatic carbocycles. The van der Waals surface area contributed by atoms with E-state index < -0.39 is 12.1 Å². The molecule has 11 heteroatoms. The fraction of sp³-hybridized carbons (Fsp3) is 0.111. The normalized spacial score (nSPS) is 11.6. The maximum Gasteiger partial charge on any atom is 0.471 e. The summed E-state index contributed by atoms with van der Waals surface area (Å²) < 4.78 is 43.5. The molecule has 0 aliphatic rings. The molecule has 1 N–H and O–H groups in total. The van der Waals surface area contributed by atoms with Crippen LogP contribution < -0.4 is 5.32 Å². The zero-order valence-electron chi connectivity index (χ0n) is 14.6. The van der Waals surface area contributed by atoms with Crippen molar-refractivity contribution in [1.82, 2.24) is 19.9 Å². The summed E-state index contributed by atoms with van der Waals surface area (Å²) in [5, 5.41) is 10.3. The molecule has 3 heterocycles. The lowest BCUT2D eigenvalue weighted by Crippen LogP contribution is -2.10. The highest BCUT2D eigenvalue weighted by Crippen LogP contribution is 2.31. The number of amides is 1. The number of rotatable bonds is 5. The molecule has 1 amide bonds. The zero-order chi connectivity index (χ0) is 20.4. The maximum absolute atomic E-state index is 12.6. The van der Waals surface area contributed by atoms with Crippen LogP contribution >= 0.6 is 11.3 Å². The minimum absolute atomic E-state index is 0.128. The quantitative estimate of drug-likeness (QED) is 0.521. The summed E-state index contributed by atoms with van der Waals surface area (Å²) in [5.41, 5.74) is 1.06. The van der Waals surface area contributed by atoms with Crippen LogP contribution in [0.1, 0.15) is 21.1 Å². The number of halogens is 3. The molecule has 0 spiro atoms. The molecule has 0 radical (unpaired) electrons. The number of carbonyl (C=O) groups is 1. The molecule has 0 bridgehead atoms. The average Bonchev–Trinajstić information content (AvgIpc) is 3.43. The van der Waals surface area contributed by atoms with E-state index in [9.17, 15) is 18.0 Å². The number of thiophene rings is 1. The second-order valence-electron chi connectivity index (χ2n) is 5.93. The molecule has 3 aromatic heterocycles.